The third-order valence-electron chi connectivity index (χ3n) is 2.83. The lowest BCUT2D eigenvalue weighted by Gasteiger charge is -2.16. The first kappa shape index (κ1) is 16.6. The Balaban J connectivity index is 3.79. The van der Waals surface area contributed by atoms with E-state index in [9.17, 15) is 9.00 Å². The lowest BCUT2D eigenvalue weighted by molar-refractivity contribution is -0.129. The molecule has 0 rings (SSSR count). The van der Waals surface area contributed by atoms with E-state index in [0.717, 1.165) is 12.8 Å². The fourth-order valence-electron chi connectivity index (χ4n) is 1.36. The van der Waals surface area contributed by atoms with E-state index >= 15 is 0 Å². The lowest BCUT2D eigenvalue weighted by atomic mass is 10.2. The minimum atomic E-state index is -0.865. The van der Waals surface area contributed by atoms with E-state index in [0.29, 0.717) is 36.9 Å². The Morgan fingerprint density at radius 1 is 1.47 bits per heavy atom. The maximum atomic E-state index is 11.7. The van der Waals surface area contributed by atoms with Crippen LogP contribution in [-0.2, 0) is 15.6 Å². The van der Waals surface area contributed by atoms with Gasteiger partial charge in [0.1, 0.15) is 0 Å². The Labute approximate surface area is 107 Å². The van der Waals surface area contributed by atoms with Gasteiger partial charge in [0.2, 0.25) is 5.91 Å². The van der Waals surface area contributed by atoms with E-state index in [2.05, 4.69) is 13.8 Å². The minimum absolute atomic E-state index is 0.0657. The first-order valence-electron chi connectivity index (χ1n) is 6.30. The zero-order chi connectivity index (χ0) is 13.3. The van der Waals surface area contributed by atoms with E-state index in [1.807, 2.05) is 0 Å². The van der Waals surface area contributed by atoms with Crippen molar-refractivity contribution in [3.63, 3.8) is 0 Å². The summed E-state index contributed by atoms with van der Waals surface area (Å²) in [6, 6.07) is 0. The van der Waals surface area contributed by atoms with E-state index in [-0.39, 0.29) is 5.91 Å². The first-order chi connectivity index (χ1) is 8.01. The zero-order valence-corrected chi connectivity index (χ0v) is 12.1. The largest absolute Gasteiger partial charge is 0.346 e. The molecule has 0 aliphatic carbocycles. The molecule has 0 aliphatic rings. The molecule has 0 aromatic rings. The van der Waals surface area contributed by atoms with Gasteiger partial charge in [0, 0.05) is 42.3 Å². The fraction of sp³-hybridized carbons (Fsp3) is 0.917. The van der Waals surface area contributed by atoms with E-state index in [1.54, 1.807) is 11.9 Å². The fourth-order valence-corrected chi connectivity index (χ4v) is 2.80. The van der Waals surface area contributed by atoms with E-state index < -0.39 is 10.8 Å². The highest BCUT2D eigenvalue weighted by Crippen LogP contribution is 2.04. The van der Waals surface area contributed by atoms with Gasteiger partial charge in [0.15, 0.2) is 0 Å². The van der Waals surface area contributed by atoms with E-state index in [1.165, 1.54) is 0 Å². The summed E-state index contributed by atoms with van der Waals surface area (Å²) in [6.45, 7) is 5.46. The summed E-state index contributed by atoms with van der Waals surface area (Å²) in [5.74, 6) is 1.73. The topological polar surface area (TPSA) is 63.4 Å². The van der Waals surface area contributed by atoms with Gasteiger partial charge in [-0.25, -0.2) is 0 Å². The molecule has 0 spiro atoms. The first-order valence-corrected chi connectivity index (χ1v) is 7.79. The number of carbonyl (C=O) groups excluding carboxylic acids is 1. The van der Waals surface area contributed by atoms with Crippen molar-refractivity contribution in [2.75, 3.05) is 31.6 Å². The molecule has 0 aromatic carbocycles. The summed E-state index contributed by atoms with van der Waals surface area (Å²) in [6.07, 6.45) is 2.23. The molecule has 2 N–H and O–H groups in total. The number of nitrogens with zero attached hydrogens (tertiary/aromatic N) is 1. The predicted octanol–water partition coefficient (Wildman–Crippen LogP) is 0.979. The molecular weight excluding hydrogens is 236 g/mol. The summed E-state index contributed by atoms with van der Waals surface area (Å²) in [5, 5.41) is 0. The van der Waals surface area contributed by atoms with Crippen LogP contribution < -0.4 is 5.73 Å². The van der Waals surface area contributed by atoms with Gasteiger partial charge < -0.3 is 10.6 Å². The molecule has 4 nitrogen and oxygen atoms in total. The summed E-state index contributed by atoms with van der Waals surface area (Å²) in [4.78, 5) is 13.3. The summed E-state index contributed by atoms with van der Waals surface area (Å²) in [5.41, 5.74) is 5.38. The van der Waals surface area contributed by atoms with Crippen molar-refractivity contribution in [3.05, 3.63) is 0 Å². The molecule has 0 aromatic heterocycles. The van der Waals surface area contributed by atoms with Gasteiger partial charge in [-0.05, 0) is 18.9 Å². The molecule has 0 saturated heterocycles. The molecule has 5 heteroatoms. The average molecular weight is 262 g/mol. The van der Waals surface area contributed by atoms with E-state index in [4.69, 9.17) is 5.73 Å². The number of carbonyl (C=O) groups is 1. The van der Waals surface area contributed by atoms with Gasteiger partial charge in [-0.3, -0.25) is 9.00 Å². The maximum absolute atomic E-state index is 11.7. The molecule has 2 atom stereocenters. The molecule has 17 heavy (non-hydrogen) atoms. The van der Waals surface area contributed by atoms with Crippen molar-refractivity contribution in [1.82, 2.24) is 4.90 Å². The zero-order valence-electron chi connectivity index (χ0n) is 11.3. The highest BCUT2D eigenvalue weighted by molar-refractivity contribution is 7.85. The van der Waals surface area contributed by atoms with Crippen molar-refractivity contribution >= 4 is 16.7 Å². The van der Waals surface area contributed by atoms with Crippen LogP contribution in [0.1, 0.15) is 33.1 Å². The van der Waals surface area contributed by atoms with Gasteiger partial charge in [0.25, 0.3) is 0 Å². The number of hydrogen-bond donors (Lipinski definition) is 1. The number of amides is 1. The normalized spacial score (nSPS) is 14.4. The van der Waals surface area contributed by atoms with Crippen molar-refractivity contribution < 1.29 is 9.00 Å². The van der Waals surface area contributed by atoms with Gasteiger partial charge >= 0.3 is 0 Å². The molecule has 0 radical (unpaired) electrons. The Hall–Kier alpha value is -0.420. The van der Waals surface area contributed by atoms with Gasteiger partial charge in [0.05, 0.1) is 0 Å². The van der Waals surface area contributed by atoms with Gasteiger partial charge in [-0.1, -0.05) is 20.3 Å². The van der Waals surface area contributed by atoms with Crippen LogP contribution in [0.4, 0.5) is 0 Å². The second-order valence-corrected chi connectivity index (χ2v) is 6.15. The highest BCUT2D eigenvalue weighted by Gasteiger charge is 2.11. The summed E-state index contributed by atoms with van der Waals surface area (Å²) < 4.78 is 11.7. The van der Waals surface area contributed by atoms with Crippen LogP contribution in [0.2, 0.25) is 0 Å². The smallest absolute Gasteiger partial charge is 0.223 e. The third kappa shape index (κ3) is 8.32. The summed E-state index contributed by atoms with van der Waals surface area (Å²) >= 11 is 0. The van der Waals surface area contributed by atoms with Crippen LogP contribution in [0.3, 0.4) is 0 Å². The summed E-state index contributed by atoms with van der Waals surface area (Å²) in [7, 11) is 0.908. The molecular formula is C12H26N2O2S. The monoisotopic (exact) mass is 262 g/mol. The Morgan fingerprint density at radius 3 is 2.65 bits per heavy atom. The van der Waals surface area contributed by atoms with Crippen molar-refractivity contribution in [2.24, 2.45) is 11.7 Å². The molecule has 0 fully saturated rings. The molecule has 102 valence electrons. The molecule has 2 unspecified atom stereocenters. The molecule has 0 aliphatic heterocycles. The third-order valence-corrected chi connectivity index (χ3v) is 4.43. The van der Waals surface area contributed by atoms with Crippen molar-refractivity contribution in [1.29, 1.82) is 0 Å². The number of rotatable bonds is 9. The van der Waals surface area contributed by atoms with Gasteiger partial charge in [-0.2, -0.15) is 0 Å². The second kappa shape index (κ2) is 9.59. The quantitative estimate of drug-likeness (QED) is 0.673. The molecule has 0 saturated carbocycles. The SMILES string of the molecule is CCC(C)CS(=O)CCC(=O)N(C)CCCN. The molecule has 0 heterocycles. The van der Waals surface area contributed by atoms with Crippen LogP contribution in [0, 0.1) is 5.92 Å². The average Bonchev–Trinajstić information content (AvgIpc) is 2.32. The van der Waals surface area contributed by atoms with Crippen molar-refractivity contribution in [2.45, 2.75) is 33.1 Å². The van der Waals surface area contributed by atoms with Crippen LogP contribution in [0.15, 0.2) is 0 Å². The van der Waals surface area contributed by atoms with Gasteiger partial charge in [-0.15, -0.1) is 0 Å². The number of hydrogen-bond acceptors (Lipinski definition) is 3. The molecule has 0 bridgehead atoms. The minimum Gasteiger partial charge on any atom is -0.346 e. The maximum Gasteiger partial charge on any atom is 0.223 e. The van der Waals surface area contributed by atoms with Crippen LogP contribution >= 0.6 is 0 Å². The Morgan fingerprint density at radius 2 is 2.12 bits per heavy atom. The predicted molar refractivity (Wildman–Crippen MR) is 73.3 cm³/mol. The van der Waals surface area contributed by atoms with Crippen LogP contribution in [0.25, 0.3) is 0 Å². The molecule has 1 amide bonds. The number of nitrogens with two attached hydrogens (primary N) is 1. The Kier molecular flexibility index (Phi) is 9.36. The van der Waals surface area contributed by atoms with Crippen LogP contribution in [-0.4, -0.2) is 46.7 Å². The van der Waals surface area contributed by atoms with Crippen molar-refractivity contribution in [3.8, 4) is 0 Å². The van der Waals surface area contributed by atoms with Crippen LogP contribution in [0.5, 0.6) is 0 Å². The standard InChI is InChI=1S/C12H26N2O2S/c1-4-11(2)10-17(16)9-6-12(15)14(3)8-5-7-13/h11H,4-10,13H2,1-3H3. The highest BCUT2D eigenvalue weighted by atomic mass is 32.2. The lowest BCUT2D eigenvalue weighted by Crippen LogP contribution is -2.30. The second-order valence-electron chi connectivity index (χ2n) is 4.53. The Bertz CT molecular complexity index is 247.